The summed E-state index contributed by atoms with van der Waals surface area (Å²) in [7, 11) is 0. The minimum absolute atomic E-state index is 0.0229. The summed E-state index contributed by atoms with van der Waals surface area (Å²) in [4.78, 5) is 31.6. The van der Waals surface area contributed by atoms with Crippen molar-refractivity contribution in [3.8, 4) is 0 Å². The van der Waals surface area contributed by atoms with Crippen molar-refractivity contribution in [1.82, 2.24) is 10.3 Å². The number of nitrogens with one attached hydrogen (secondary N) is 1. The molecule has 2 aromatic rings. The van der Waals surface area contributed by atoms with Gasteiger partial charge in [0.05, 0.1) is 11.1 Å². The van der Waals surface area contributed by atoms with Crippen LogP contribution in [-0.2, 0) is 4.79 Å². The van der Waals surface area contributed by atoms with Gasteiger partial charge in [0, 0.05) is 18.3 Å². The molecule has 1 saturated carbocycles. The van der Waals surface area contributed by atoms with Gasteiger partial charge in [-0.3, -0.25) is 9.59 Å². The number of anilines is 1. The van der Waals surface area contributed by atoms with Crippen LogP contribution in [0.1, 0.15) is 48.3 Å². The van der Waals surface area contributed by atoms with Crippen LogP contribution < -0.4 is 10.2 Å². The van der Waals surface area contributed by atoms with Gasteiger partial charge in [0.25, 0.3) is 5.91 Å². The Morgan fingerprint density at radius 1 is 1.21 bits per heavy atom. The predicted octanol–water partition coefficient (Wildman–Crippen LogP) is 3.62. The van der Waals surface area contributed by atoms with E-state index >= 15 is 0 Å². The van der Waals surface area contributed by atoms with Gasteiger partial charge in [0.1, 0.15) is 11.5 Å². The van der Waals surface area contributed by atoms with Gasteiger partial charge in [-0.15, -0.1) is 0 Å². The molecule has 0 bridgehead atoms. The molecule has 1 spiro atoms. The summed E-state index contributed by atoms with van der Waals surface area (Å²) in [5, 5.41) is 3.05. The van der Waals surface area contributed by atoms with Crippen molar-refractivity contribution in [2.45, 2.75) is 45.1 Å². The van der Waals surface area contributed by atoms with Crippen molar-refractivity contribution in [2.24, 2.45) is 5.41 Å². The zero-order valence-electron chi connectivity index (χ0n) is 16.0. The van der Waals surface area contributed by atoms with Gasteiger partial charge in [-0.2, -0.15) is 0 Å². The molecule has 1 aliphatic carbocycles. The van der Waals surface area contributed by atoms with Gasteiger partial charge in [-0.1, -0.05) is 24.6 Å². The zero-order chi connectivity index (χ0) is 19.7. The maximum atomic E-state index is 14.2. The summed E-state index contributed by atoms with van der Waals surface area (Å²) < 4.78 is 14.2. The molecule has 4 rings (SSSR count). The SMILES string of the molecule is Cc1cccc(C(=O)N[C@@H]2CCC[C@]3(CCN(c4ccccc4F)C3=O)C2)n1. The number of aryl methyl sites for hydroxylation is 1. The summed E-state index contributed by atoms with van der Waals surface area (Å²) in [6.07, 6.45) is 3.77. The van der Waals surface area contributed by atoms with Crippen molar-refractivity contribution >= 4 is 17.5 Å². The third-order valence-electron chi connectivity index (χ3n) is 5.96. The molecule has 2 atom stereocenters. The lowest BCUT2D eigenvalue weighted by atomic mass is 9.71. The molecule has 2 heterocycles. The third-order valence-corrected chi connectivity index (χ3v) is 5.96. The van der Waals surface area contributed by atoms with E-state index in [4.69, 9.17) is 0 Å². The van der Waals surface area contributed by atoms with Crippen LogP contribution in [0.15, 0.2) is 42.5 Å². The van der Waals surface area contributed by atoms with Crippen LogP contribution in [0, 0.1) is 18.2 Å². The van der Waals surface area contributed by atoms with E-state index < -0.39 is 5.41 Å². The van der Waals surface area contributed by atoms with E-state index in [1.54, 1.807) is 29.2 Å². The number of pyridine rings is 1. The van der Waals surface area contributed by atoms with Crippen LogP contribution in [0.4, 0.5) is 10.1 Å². The highest BCUT2D eigenvalue weighted by atomic mass is 19.1. The Hall–Kier alpha value is -2.76. The fourth-order valence-corrected chi connectivity index (χ4v) is 4.56. The van der Waals surface area contributed by atoms with Crippen molar-refractivity contribution in [2.75, 3.05) is 11.4 Å². The van der Waals surface area contributed by atoms with Crippen molar-refractivity contribution < 1.29 is 14.0 Å². The van der Waals surface area contributed by atoms with Gasteiger partial charge in [-0.05, 0) is 56.9 Å². The minimum Gasteiger partial charge on any atom is -0.348 e. The smallest absolute Gasteiger partial charge is 0.270 e. The van der Waals surface area contributed by atoms with Crippen LogP contribution in [0.2, 0.25) is 0 Å². The number of rotatable bonds is 3. The molecule has 1 N–H and O–H groups in total. The van der Waals surface area contributed by atoms with E-state index in [-0.39, 0.29) is 23.7 Å². The second kappa shape index (κ2) is 7.34. The molecule has 2 aliphatic rings. The van der Waals surface area contributed by atoms with Gasteiger partial charge in [-0.25, -0.2) is 9.37 Å². The Kier molecular flexibility index (Phi) is 4.87. The number of amides is 2. The fourth-order valence-electron chi connectivity index (χ4n) is 4.56. The fraction of sp³-hybridized carbons (Fsp3) is 0.409. The average Bonchev–Trinajstić information content (AvgIpc) is 2.98. The number of benzene rings is 1. The Bertz CT molecular complexity index is 916. The Morgan fingerprint density at radius 2 is 2.04 bits per heavy atom. The highest BCUT2D eigenvalue weighted by Crippen LogP contribution is 2.46. The monoisotopic (exact) mass is 381 g/mol. The van der Waals surface area contributed by atoms with E-state index in [0.29, 0.717) is 30.8 Å². The summed E-state index contributed by atoms with van der Waals surface area (Å²) in [5.41, 5.74) is 1.02. The van der Waals surface area contributed by atoms with E-state index in [1.807, 2.05) is 19.1 Å². The molecule has 1 saturated heterocycles. The number of nitrogens with zero attached hydrogens (tertiary/aromatic N) is 2. The first-order valence-electron chi connectivity index (χ1n) is 9.80. The summed E-state index contributed by atoms with van der Waals surface area (Å²) >= 11 is 0. The standard InChI is InChI=1S/C22H24FN3O2/c1-15-6-4-9-18(24-15)20(27)25-16-7-5-11-22(14-16)12-13-26(21(22)28)19-10-3-2-8-17(19)23/h2-4,6,8-10,16H,5,7,11-14H2,1H3,(H,25,27)/t16-,22+/m1/s1. The zero-order valence-corrected chi connectivity index (χ0v) is 16.0. The molecular formula is C22H24FN3O2. The third kappa shape index (κ3) is 3.39. The summed E-state index contributed by atoms with van der Waals surface area (Å²) in [5.74, 6) is -0.605. The topological polar surface area (TPSA) is 62.3 Å². The number of carbonyl (C=O) groups excluding carboxylic acids is 2. The molecule has 1 aromatic heterocycles. The van der Waals surface area contributed by atoms with Crippen LogP contribution in [0.5, 0.6) is 0 Å². The molecule has 0 radical (unpaired) electrons. The Morgan fingerprint density at radius 3 is 2.82 bits per heavy atom. The Labute approximate surface area is 164 Å². The largest absolute Gasteiger partial charge is 0.348 e. The van der Waals surface area contributed by atoms with Gasteiger partial charge in [0.2, 0.25) is 5.91 Å². The van der Waals surface area contributed by atoms with E-state index in [2.05, 4.69) is 10.3 Å². The van der Waals surface area contributed by atoms with Gasteiger partial charge >= 0.3 is 0 Å². The van der Waals surface area contributed by atoms with Gasteiger partial charge < -0.3 is 10.2 Å². The molecule has 2 amide bonds. The molecule has 146 valence electrons. The number of hydrogen-bond donors (Lipinski definition) is 1. The molecule has 28 heavy (non-hydrogen) atoms. The number of para-hydroxylation sites is 1. The van der Waals surface area contributed by atoms with Gasteiger partial charge in [0.15, 0.2) is 0 Å². The predicted molar refractivity (Wildman–Crippen MR) is 104 cm³/mol. The Balaban J connectivity index is 1.48. The molecule has 1 aliphatic heterocycles. The molecule has 5 nitrogen and oxygen atoms in total. The van der Waals surface area contributed by atoms with Crippen LogP contribution in [-0.4, -0.2) is 29.4 Å². The van der Waals surface area contributed by atoms with E-state index in [1.165, 1.54) is 6.07 Å². The number of carbonyl (C=O) groups is 2. The number of hydrogen-bond acceptors (Lipinski definition) is 3. The molecule has 1 aromatic carbocycles. The maximum Gasteiger partial charge on any atom is 0.270 e. The van der Waals surface area contributed by atoms with Crippen molar-refractivity contribution in [1.29, 1.82) is 0 Å². The number of aromatic nitrogens is 1. The normalized spacial score (nSPS) is 24.6. The first-order valence-corrected chi connectivity index (χ1v) is 9.80. The first-order chi connectivity index (χ1) is 13.5. The summed E-state index contributed by atoms with van der Waals surface area (Å²) in [6.45, 7) is 2.36. The van der Waals surface area contributed by atoms with Crippen LogP contribution in [0.25, 0.3) is 0 Å². The highest BCUT2D eigenvalue weighted by Gasteiger charge is 2.50. The first kappa shape index (κ1) is 18.6. The van der Waals surface area contributed by atoms with Crippen molar-refractivity contribution in [3.05, 3.63) is 59.7 Å². The number of halogens is 1. The lowest BCUT2D eigenvalue weighted by Crippen LogP contribution is -2.46. The van der Waals surface area contributed by atoms with Crippen molar-refractivity contribution in [3.63, 3.8) is 0 Å². The quantitative estimate of drug-likeness (QED) is 0.883. The lowest BCUT2D eigenvalue weighted by molar-refractivity contribution is -0.127. The minimum atomic E-state index is -0.515. The molecule has 0 unspecified atom stereocenters. The highest BCUT2D eigenvalue weighted by molar-refractivity contribution is 6.00. The van der Waals surface area contributed by atoms with Crippen LogP contribution in [0.3, 0.4) is 0 Å². The summed E-state index contributed by atoms with van der Waals surface area (Å²) in [6, 6.07) is 11.7. The molecule has 6 heteroatoms. The molecule has 2 fully saturated rings. The lowest BCUT2D eigenvalue weighted by Gasteiger charge is -2.36. The average molecular weight is 381 g/mol. The molecular weight excluding hydrogens is 357 g/mol. The van der Waals surface area contributed by atoms with E-state index in [0.717, 1.165) is 25.0 Å². The van der Waals surface area contributed by atoms with Crippen LogP contribution >= 0.6 is 0 Å². The second-order valence-electron chi connectivity index (χ2n) is 7.87. The van der Waals surface area contributed by atoms with E-state index in [9.17, 15) is 14.0 Å². The second-order valence-corrected chi connectivity index (χ2v) is 7.87. The maximum absolute atomic E-state index is 14.2.